The minimum Gasteiger partial charge on any atom is -0.331 e. The van der Waals surface area contributed by atoms with Gasteiger partial charge >= 0.3 is 0 Å². The normalized spacial score (nSPS) is 11.0. The molecule has 0 saturated heterocycles. The lowest BCUT2D eigenvalue weighted by Crippen LogP contribution is -2.34. The molecule has 0 fully saturated rings. The molecule has 0 aliphatic carbocycles. The van der Waals surface area contributed by atoms with E-state index in [2.05, 4.69) is 42.5 Å². The van der Waals surface area contributed by atoms with E-state index < -0.39 is 0 Å². The third-order valence-corrected chi connectivity index (χ3v) is 4.70. The van der Waals surface area contributed by atoms with E-state index in [0.29, 0.717) is 31.1 Å². The second-order valence-corrected chi connectivity index (χ2v) is 7.48. The molecular weight excluding hydrogens is 353 g/mol. The molecule has 2 aromatic carbocycles. The van der Waals surface area contributed by atoms with Gasteiger partial charge in [-0.2, -0.15) is 0 Å². The van der Waals surface area contributed by atoms with Gasteiger partial charge in [-0.3, -0.25) is 4.79 Å². The van der Waals surface area contributed by atoms with Gasteiger partial charge in [0.05, 0.1) is 6.54 Å². The summed E-state index contributed by atoms with van der Waals surface area (Å²) in [6.45, 7) is 7.97. The maximum atomic E-state index is 13.2. The molecule has 0 spiro atoms. The van der Waals surface area contributed by atoms with E-state index in [4.69, 9.17) is 0 Å². The van der Waals surface area contributed by atoms with Crippen LogP contribution < -0.4 is 0 Å². The molecule has 5 heteroatoms. The van der Waals surface area contributed by atoms with E-state index in [1.165, 1.54) is 35.4 Å². The van der Waals surface area contributed by atoms with E-state index in [-0.39, 0.29) is 11.7 Å². The second-order valence-electron chi connectivity index (χ2n) is 7.48. The van der Waals surface area contributed by atoms with Crippen molar-refractivity contribution in [3.05, 3.63) is 89.3 Å². The number of hydrogen-bond acceptors (Lipinski definition) is 2. The lowest BCUT2D eigenvalue weighted by molar-refractivity contribution is 0.0716. The summed E-state index contributed by atoms with van der Waals surface area (Å²) in [6, 6.07) is 14.0. The van der Waals surface area contributed by atoms with E-state index in [0.717, 1.165) is 5.82 Å². The molecular formula is C23H26FN3O. The van der Waals surface area contributed by atoms with Crippen LogP contribution in [0.1, 0.15) is 41.2 Å². The Balaban J connectivity index is 1.82. The van der Waals surface area contributed by atoms with E-state index >= 15 is 0 Å². The van der Waals surface area contributed by atoms with Crippen LogP contribution in [0.2, 0.25) is 0 Å². The van der Waals surface area contributed by atoms with Crippen molar-refractivity contribution in [3.63, 3.8) is 0 Å². The van der Waals surface area contributed by atoms with E-state index in [1.807, 2.05) is 18.3 Å². The lowest BCUT2D eigenvalue weighted by atomic mass is 10.1. The summed E-state index contributed by atoms with van der Waals surface area (Å²) in [6.07, 6.45) is 3.71. The van der Waals surface area contributed by atoms with Crippen LogP contribution in [0.25, 0.3) is 0 Å². The number of benzene rings is 2. The van der Waals surface area contributed by atoms with Crippen LogP contribution in [0.15, 0.2) is 60.9 Å². The fraction of sp³-hybridized carbons (Fsp3) is 0.304. The number of carbonyl (C=O) groups is 1. The van der Waals surface area contributed by atoms with Gasteiger partial charge in [-0.25, -0.2) is 9.37 Å². The Morgan fingerprint density at radius 2 is 1.86 bits per heavy atom. The molecule has 1 heterocycles. The average Bonchev–Trinajstić information content (AvgIpc) is 3.09. The van der Waals surface area contributed by atoms with Gasteiger partial charge in [0.25, 0.3) is 5.91 Å². The van der Waals surface area contributed by atoms with E-state index in [9.17, 15) is 9.18 Å². The first-order valence-corrected chi connectivity index (χ1v) is 9.53. The smallest absolute Gasteiger partial charge is 0.254 e. The van der Waals surface area contributed by atoms with Crippen molar-refractivity contribution in [2.45, 2.75) is 33.9 Å². The first-order chi connectivity index (χ1) is 13.4. The van der Waals surface area contributed by atoms with Gasteiger partial charge in [0.1, 0.15) is 11.6 Å². The highest BCUT2D eigenvalue weighted by Gasteiger charge is 2.19. The summed E-state index contributed by atoms with van der Waals surface area (Å²) in [4.78, 5) is 19.3. The zero-order valence-corrected chi connectivity index (χ0v) is 16.6. The molecule has 1 aromatic heterocycles. The van der Waals surface area contributed by atoms with Crippen LogP contribution in [0.5, 0.6) is 0 Å². The third kappa shape index (κ3) is 4.85. The highest BCUT2D eigenvalue weighted by atomic mass is 19.1. The standard InChI is InChI=1S/C23H26FN3O/c1-17(2)14-27(23(28)19-8-10-21(24)11-9-19)16-22-25-12-13-26(22)15-20-7-5-4-6-18(20)3/h4-13,17H,14-16H2,1-3H3. The third-order valence-electron chi connectivity index (χ3n) is 4.70. The maximum Gasteiger partial charge on any atom is 0.254 e. The van der Waals surface area contributed by atoms with Crippen LogP contribution in [0.4, 0.5) is 4.39 Å². The molecule has 0 radical (unpaired) electrons. The summed E-state index contributed by atoms with van der Waals surface area (Å²) in [7, 11) is 0. The SMILES string of the molecule is Cc1ccccc1Cn1ccnc1CN(CC(C)C)C(=O)c1ccc(F)cc1. The molecule has 3 aromatic rings. The maximum absolute atomic E-state index is 13.2. The minimum absolute atomic E-state index is 0.112. The Hall–Kier alpha value is -2.95. The molecule has 3 rings (SSSR count). The number of aromatic nitrogens is 2. The highest BCUT2D eigenvalue weighted by Crippen LogP contribution is 2.15. The molecule has 0 saturated carbocycles. The molecule has 146 valence electrons. The van der Waals surface area contributed by atoms with Crippen molar-refractivity contribution in [2.24, 2.45) is 5.92 Å². The molecule has 0 N–H and O–H groups in total. The summed E-state index contributed by atoms with van der Waals surface area (Å²) >= 11 is 0. The van der Waals surface area contributed by atoms with Crippen LogP contribution >= 0.6 is 0 Å². The molecule has 0 bridgehead atoms. The predicted octanol–water partition coefficient (Wildman–Crippen LogP) is 4.68. The molecule has 0 aliphatic rings. The minimum atomic E-state index is -0.347. The van der Waals surface area contributed by atoms with Gasteiger partial charge in [-0.15, -0.1) is 0 Å². The fourth-order valence-corrected chi connectivity index (χ4v) is 3.21. The van der Waals surface area contributed by atoms with Crippen LogP contribution in [-0.2, 0) is 13.1 Å². The van der Waals surface area contributed by atoms with Crippen LogP contribution in [0.3, 0.4) is 0 Å². The van der Waals surface area contributed by atoms with Gasteiger partial charge in [-0.05, 0) is 48.2 Å². The molecule has 1 amide bonds. The first-order valence-electron chi connectivity index (χ1n) is 9.53. The van der Waals surface area contributed by atoms with Crippen molar-refractivity contribution in [1.82, 2.24) is 14.5 Å². The predicted molar refractivity (Wildman–Crippen MR) is 108 cm³/mol. The molecule has 0 aliphatic heterocycles. The van der Waals surface area contributed by atoms with Crippen molar-refractivity contribution in [1.29, 1.82) is 0 Å². The zero-order chi connectivity index (χ0) is 20.1. The van der Waals surface area contributed by atoms with Gasteiger partial charge in [0.2, 0.25) is 0 Å². The molecule has 4 nitrogen and oxygen atoms in total. The Bertz CT molecular complexity index is 931. The molecule has 0 atom stereocenters. The van der Waals surface area contributed by atoms with Crippen molar-refractivity contribution >= 4 is 5.91 Å². The number of imidazole rings is 1. The van der Waals surface area contributed by atoms with E-state index in [1.54, 1.807) is 11.1 Å². The Morgan fingerprint density at radius 3 is 2.54 bits per heavy atom. The summed E-state index contributed by atoms with van der Waals surface area (Å²) < 4.78 is 15.3. The second kappa shape index (κ2) is 8.83. The number of carbonyl (C=O) groups excluding carboxylic acids is 1. The average molecular weight is 379 g/mol. The van der Waals surface area contributed by atoms with Crippen LogP contribution in [0, 0.1) is 18.7 Å². The summed E-state index contributed by atoms with van der Waals surface area (Å²) in [5.74, 6) is 0.684. The number of aryl methyl sites for hydroxylation is 1. The number of halogens is 1. The Morgan fingerprint density at radius 1 is 1.14 bits per heavy atom. The quantitative estimate of drug-likeness (QED) is 0.598. The number of nitrogens with zero attached hydrogens (tertiary/aromatic N) is 3. The summed E-state index contributed by atoms with van der Waals surface area (Å²) in [5, 5.41) is 0. The van der Waals surface area contributed by atoms with Crippen molar-refractivity contribution in [2.75, 3.05) is 6.54 Å². The van der Waals surface area contributed by atoms with Gasteiger partial charge in [-0.1, -0.05) is 38.1 Å². The summed E-state index contributed by atoms with van der Waals surface area (Å²) in [5.41, 5.74) is 2.93. The Labute approximate surface area is 165 Å². The van der Waals surface area contributed by atoms with Gasteiger partial charge < -0.3 is 9.47 Å². The van der Waals surface area contributed by atoms with Crippen molar-refractivity contribution in [3.8, 4) is 0 Å². The fourth-order valence-electron chi connectivity index (χ4n) is 3.21. The molecule has 28 heavy (non-hydrogen) atoms. The van der Waals surface area contributed by atoms with Crippen LogP contribution in [-0.4, -0.2) is 26.9 Å². The zero-order valence-electron chi connectivity index (χ0n) is 16.6. The number of hydrogen-bond donors (Lipinski definition) is 0. The highest BCUT2D eigenvalue weighted by molar-refractivity contribution is 5.94. The lowest BCUT2D eigenvalue weighted by Gasteiger charge is -2.25. The topological polar surface area (TPSA) is 38.1 Å². The molecule has 0 unspecified atom stereocenters. The number of amides is 1. The number of rotatable bonds is 7. The largest absolute Gasteiger partial charge is 0.331 e. The first kappa shape index (κ1) is 19.8. The monoisotopic (exact) mass is 379 g/mol. The van der Waals surface area contributed by atoms with Gasteiger partial charge in [0, 0.05) is 31.0 Å². The van der Waals surface area contributed by atoms with Crippen molar-refractivity contribution < 1.29 is 9.18 Å². The Kier molecular flexibility index (Phi) is 6.24. The van der Waals surface area contributed by atoms with Gasteiger partial charge in [0.15, 0.2) is 0 Å².